The smallest absolute Gasteiger partial charge is 0.417 e. The van der Waals surface area contributed by atoms with Gasteiger partial charge >= 0.3 is 30.6 Å². The molecule has 0 radical (unpaired) electrons. The summed E-state index contributed by atoms with van der Waals surface area (Å²) in [6.07, 6.45) is -6.49. The Kier molecular flexibility index (Phi) is 22.3. The van der Waals surface area contributed by atoms with E-state index >= 15 is 0 Å². The number of aliphatic carboxylic acids is 1. The van der Waals surface area contributed by atoms with Crippen molar-refractivity contribution < 1.29 is 102 Å². The van der Waals surface area contributed by atoms with Gasteiger partial charge in [0.25, 0.3) is 11.8 Å². The lowest BCUT2D eigenvalue weighted by Crippen LogP contribution is -2.51. The van der Waals surface area contributed by atoms with Gasteiger partial charge in [-0.3, -0.25) is 47.8 Å². The number of likely N-dealkylation sites (tertiary alicyclic amines) is 2. The second kappa shape index (κ2) is 29.5. The Hall–Kier alpha value is -7.25. The summed E-state index contributed by atoms with van der Waals surface area (Å²) in [5.41, 5.74) is 4.84. The molecule has 0 bridgehead atoms. The van der Waals surface area contributed by atoms with E-state index in [-0.39, 0.29) is 141 Å². The number of primary amides is 2. The Morgan fingerprint density at radius 2 is 0.941 bits per heavy atom. The first-order valence-corrected chi connectivity index (χ1v) is 34.6. The zero-order valence-corrected chi connectivity index (χ0v) is 57.4. The van der Waals surface area contributed by atoms with Gasteiger partial charge in [-0.15, -0.1) is 0 Å². The number of halogens is 9. The van der Waals surface area contributed by atoms with E-state index in [0.717, 1.165) is 47.0 Å². The van der Waals surface area contributed by atoms with Crippen molar-refractivity contribution in [2.75, 3.05) is 21.3 Å². The first kappa shape index (κ1) is 76.4. The molecule has 101 heavy (non-hydrogen) atoms. The zero-order valence-electron chi connectivity index (χ0n) is 57.4. The van der Waals surface area contributed by atoms with Gasteiger partial charge in [0.05, 0.1) is 29.2 Å². The van der Waals surface area contributed by atoms with Crippen LogP contribution in [0.5, 0.6) is 0 Å². The number of ether oxygens (including phenoxy) is 4. The number of hydrogen-bond donors (Lipinski definition) is 4. The number of amides is 4. The van der Waals surface area contributed by atoms with Crippen LogP contribution in [0, 0.1) is 35.5 Å². The fourth-order valence-corrected chi connectivity index (χ4v) is 16.7. The highest BCUT2D eigenvalue weighted by molar-refractivity contribution is 6.05. The molecule has 3 aliphatic heterocycles. The van der Waals surface area contributed by atoms with E-state index in [2.05, 4.69) is 15.5 Å². The van der Waals surface area contributed by atoms with Gasteiger partial charge in [-0.25, -0.2) is 4.79 Å². The molecule has 31 heteroatoms. The van der Waals surface area contributed by atoms with E-state index in [4.69, 9.17) is 35.5 Å². The Balaban J connectivity index is 0.000000151. The maximum Gasteiger partial charge on any atom is 0.417 e. The molecule has 13 rings (SSSR count). The van der Waals surface area contributed by atoms with Crippen molar-refractivity contribution in [3.05, 3.63) is 59.9 Å². The second-order valence-electron chi connectivity index (χ2n) is 30.0. The number of rotatable bonds is 18. The third kappa shape index (κ3) is 16.7. The molecule has 2 aromatic carbocycles. The first-order chi connectivity index (χ1) is 47.3. The molecule has 6 aliphatic carbocycles. The van der Waals surface area contributed by atoms with Gasteiger partial charge in [0, 0.05) is 69.5 Å². The Morgan fingerprint density at radius 3 is 1.32 bits per heavy atom. The lowest BCUT2D eigenvalue weighted by molar-refractivity contribution is -0.284. The summed E-state index contributed by atoms with van der Waals surface area (Å²) in [6.45, 7) is 4.85. The third-order valence-electron chi connectivity index (χ3n) is 22.1. The molecule has 5 heterocycles. The molecule has 9 aliphatic rings. The van der Waals surface area contributed by atoms with E-state index < -0.39 is 82.8 Å². The van der Waals surface area contributed by atoms with Crippen LogP contribution in [-0.4, -0.2) is 180 Å². The number of fused-ring (bicyclic) bond motifs is 5. The van der Waals surface area contributed by atoms with Crippen molar-refractivity contribution in [2.24, 2.45) is 47.0 Å². The number of alkyl halides is 9. The maximum atomic E-state index is 13.7. The summed E-state index contributed by atoms with van der Waals surface area (Å²) < 4.78 is 144. The molecule has 15 atom stereocenters. The summed E-state index contributed by atoms with van der Waals surface area (Å²) >= 11 is 0. The molecule has 6 N–H and O–H groups in total. The van der Waals surface area contributed by atoms with Crippen LogP contribution in [0.15, 0.2) is 48.5 Å². The molecule has 4 aromatic rings. The number of para-hydroxylation sites is 2. The number of hydrogen-bond acceptors (Lipinski definition) is 15. The van der Waals surface area contributed by atoms with Crippen LogP contribution in [0.25, 0.3) is 21.8 Å². The molecular formula is C70H90F9N9O13. The topological polar surface area (TPSA) is 300 Å². The van der Waals surface area contributed by atoms with Crippen molar-refractivity contribution in [3.8, 4) is 0 Å². The predicted octanol–water partition coefficient (Wildman–Crippen LogP) is 10.8. The number of methoxy groups -OCH3 is 3. The molecule has 22 nitrogen and oxygen atoms in total. The van der Waals surface area contributed by atoms with Gasteiger partial charge in [-0.1, -0.05) is 36.4 Å². The SMILES string of the molecule is COC1(C(F)(F)F)CCCC(CC(=O)[C@@H]2C[C@H]3C[C@H]3N2)C1.COC1(C(F)(F)F)CCCC(CC(=O)[C@@H]2C[C@H]3C[C@H]3N2C(=O)Cn2nc(C(N)=O)c3ccccc32)C1.COC1(C(F)(F)F)CCCC(CC(=O)[C@@H]2C[C@H]3C[C@H]3N2C(=O)OC(C)(C)C)C1.NC(=O)c1nn(CC(=O)O)c2ccccc12. The number of nitrogens with two attached hydrogens (primary N) is 2. The Bertz CT molecular complexity index is 3750. The van der Waals surface area contributed by atoms with E-state index in [1.165, 1.54) is 14.3 Å². The van der Waals surface area contributed by atoms with Crippen molar-refractivity contribution in [1.29, 1.82) is 0 Å². The first-order valence-electron chi connectivity index (χ1n) is 34.6. The quantitative estimate of drug-likeness (QED) is 0.0673. The van der Waals surface area contributed by atoms with Gasteiger partial charge < -0.3 is 45.7 Å². The number of carboxylic acid groups (broad SMARTS) is 1. The number of aromatic nitrogens is 4. The van der Waals surface area contributed by atoms with Crippen LogP contribution in [0.3, 0.4) is 0 Å². The van der Waals surface area contributed by atoms with Gasteiger partial charge in [0.15, 0.2) is 39.8 Å². The molecule has 6 saturated carbocycles. The lowest BCUT2D eigenvalue weighted by atomic mass is 9.75. The summed E-state index contributed by atoms with van der Waals surface area (Å²) in [6, 6.07) is 12.9. The van der Waals surface area contributed by atoms with Crippen LogP contribution in [0.1, 0.15) is 177 Å². The van der Waals surface area contributed by atoms with Crippen LogP contribution in [-0.2, 0) is 56.0 Å². The van der Waals surface area contributed by atoms with Gasteiger partial charge in [-0.2, -0.15) is 49.7 Å². The molecule has 4 amide bonds. The summed E-state index contributed by atoms with van der Waals surface area (Å²) in [4.78, 5) is 101. The Labute approximate surface area is 577 Å². The van der Waals surface area contributed by atoms with Crippen LogP contribution < -0.4 is 16.8 Å². The minimum atomic E-state index is -4.50. The number of ketones is 3. The van der Waals surface area contributed by atoms with Crippen molar-refractivity contribution in [2.45, 2.75) is 246 Å². The van der Waals surface area contributed by atoms with E-state index in [1.54, 1.807) is 74.2 Å². The van der Waals surface area contributed by atoms with Crippen molar-refractivity contribution >= 4 is 68.9 Å². The maximum absolute atomic E-state index is 13.7. The number of carbonyl (C=O) groups is 8. The van der Waals surface area contributed by atoms with Crippen molar-refractivity contribution in [1.82, 2.24) is 34.7 Å². The monoisotopic (exact) mass is 1440 g/mol. The molecule has 0 spiro atoms. The highest BCUT2D eigenvalue weighted by Gasteiger charge is 2.62. The lowest BCUT2D eigenvalue weighted by Gasteiger charge is -2.41. The minimum absolute atomic E-state index is 0.00349. The summed E-state index contributed by atoms with van der Waals surface area (Å²) in [5, 5.41) is 21.2. The van der Waals surface area contributed by atoms with E-state index in [9.17, 15) is 77.9 Å². The normalized spacial score (nSPS) is 31.0. The number of nitrogens with zero attached hydrogens (tertiary/aromatic N) is 6. The average molecular weight is 1440 g/mol. The molecule has 3 saturated heterocycles. The number of carbonyl (C=O) groups excluding carboxylic acids is 7. The third-order valence-corrected chi connectivity index (χ3v) is 22.1. The molecule has 9 fully saturated rings. The average Bonchev–Trinajstić information content (AvgIpc) is 1.60. The van der Waals surface area contributed by atoms with Gasteiger partial charge in [-0.05, 0) is 184 Å². The van der Waals surface area contributed by atoms with E-state index in [1.807, 2.05) is 0 Å². The van der Waals surface area contributed by atoms with Gasteiger partial charge in [0.1, 0.15) is 24.5 Å². The Morgan fingerprint density at radius 1 is 0.545 bits per heavy atom. The fraction of sp³-hybridized carbons (Fsp3) is 0.686. The second-order valence-corrected chi connectivity index (χ2v) is 30.0. The van der Waals surface area contributed by atoms with Crippen LogP contribution in [0.2, 0.25) is 0 Å². The number of carboxylic acids is 1. The summed E-state index contributed by atoms with van der Waals surface area (Å²) in [7, 11) is 3.29. The number of piperidine rings is 3. The molecule has 2 aromatic heterocycles. The fourth-order valence-electron chi connectivity index (χ4n) is 16.7. The number of benzene rings is 2. The highest BCUT2D eigenvalue weighted by Crippen LogP contribution is 2.54. The van der Waals surface area contributed by atoms with E-state index in [0.29, 0.717) is 91.1 Å². The highest BCUT2D eigenvalue weighted by atomic mass is 19.4. The van der Waals surface area contributed by atoms with Crippen LogP contribution >= 0.6 is 0 Å². The molecule has 556 valence electrons. The molecule has 6 unspecified atom stereocenters. The van der Waals surface area contributed by atoms with Gasteiger partial charge in [0.2, 0.25) is 5.91 Å². The zero-order chi connectivity index (χ0) is 73.7. The minimum Gasteiger partial charge on any atom is -0.480 e. The summed E-state index contributed by atoms with van der Waals surface area (Å²) in [5.74, 6) is -2.85. The van der Waals surface area contributed by atoms with Crippen LogP contribution in [0.4, 0.5) is 44.3 Å². The number of nitrogens with one attached hydrogen (secondary N) is 1. The predicted molar refractivity (Wildman–Crippen MR) is 345 cm³/mol. The standard InChI is InChI=1S/C25H29F3N4O4.C20H30F3NO4.C15H22F3NO2.C10H9N3O3/c1-36-24(25(26,27)28)8-4-5-14(12-24)9-20(33)19-11-15-10-18(15)32(19)21(34)13-31-17-7-3-2-6-16(17)22(30-31)23(29)35;1-18(2,3)28-17(26)24-14-9-13(14)10-15(24)16(25)8-12-6-5-7-19(11-12,27-4)20(21,22)23;1-21-14(15(16,17)18)4-2-3-9(8-14)5-13(20)12-7-10-6-11(10)19-12;11-10(16)9-6-3-1-2-4-7(6)13(12-9)5-8(14)15/h2-3,6-7,14-15,18-19H,4-5,8-13H2,1H3,(H2,29,35);12-15H,5-11H2,1-4H3;9-12,19H,2-8H2,1H3;1-4H,5H2,(H2,11,16)(H,14,15)/t14?,15-,18-,19+,24?;12?,13-,14-,15+,19?;9?,10-,11-,12+,14?;/m111./s1. The number of Topliss-reactive ketones (excluding diaryl/α,β-unsaturated/α-hetero) is 3. The molecular weight excluding hydrogens is 1350 g/mol. The largest absolute Gasteiger partial charge is 0.480 e. The van der Waals surface area contributed by atoms with Crippen molar-refractivity contribution in [3.63, 3.8) is 0 Å².